The maximum Gasteiger partial charge on any atom is 0.251 e. The molecule has 3 aromatic rings. The molecule has 1 amide bonds. The summed E-state index contributed by atoms with van der Waals surface area (Å²) in [5.74, 6) is 1.95. The molecule has 0 aliphatic rings. The summed E-state index contributed by atoms with van der Waals surface area (Å²) in [6.45, 7) is 2.30. The minimum atomic E-state index is -0.239. The van der Waals surface area contributed by atoms with Gasteiger partial charge in [0.2, 0.25) is 5.75 Å². The smallest absolute Gasteiger partial charge is 0.251 e. The highest BCUT2D eigenvalue weighted by atomic mass is 16.5. The molecule has 0 unspecified atom stereocenters. The predicted octanol–water partition coefficient (Wildman–Crippen LogP) is 3.14. The second kappa shape index (κ2) is 8.47. The van der Waals surface area contributed by atoms with Crippen LogP contribution in [0.25, 0.3) is 5.69 Å². The molecule has 0 fully saturated rings. The number of methoxy groups -OCH3 is 3. The van der Waals surface area contributed by atoms with Crippen molar-refractivity contribution in [3.63, 3.8) is 0 Å². The Bertz CT molecular complexity index is 956. The van der Waals surface area contributed by atoms with Crippen LogP contribution in [0.1, 0.15) is 21.7 Å². The van der Waals surface area contributed by atoms with E-state index in [-0.39, 0.29) is 5.91 Å². The van der Waals surface area contributed by atoms with E-state index in [4.69, 9.17) is 14.2 Å². The van der Waals surface area contributed by atoms with Gasteiger partial charge in [-0.2, -0.15) is 0 Å². The molecule has 28 heavy (non-hydrogen) atoms. The Hall–Kier alpha value is -3.48. The Morgan fingerprint density at radius 1 is 1.07 bits per heavy atom. The second-order valence-electron chi connectivity index (χ2n) is 6.07. The van der Waals surface area contributed by atoms with Crippen molar-refractivity contribution in [3.8, 4) is 22.9 Å². The number of aromatic nitrogens is 2. The van der Waals surface area contributed by atoms with Crippen molar-refractivity contribution in [2.24, 2.45) is 0 Å². The van der Waals surface area contributed by atoms with Crippen LogP contribution in [-0.2, 0) is 6.54 Å². The number of hydrogen-bond donors (Lipinski definition) is 1. The largest absolute Gasteiger partial charge is 0.493 e. The van der Waals surface area contributed by atoms with E-state index in [1.165, 1.54) is 21.3 Å². The van der Waals surface area contributed by atoms with E-state index in [0.717, 1.165) is 17.1 Å². The van der Waals surface area contributed by atoms with Crippen molar-refractivity contribution in [2.45, 2.75) is 13.5 Å². The van der Waals surface area contributed by atoms with Crippen LogP contribution >= 0.6 is 0 Å². The van der Waals surface area contributed by atoms with Gasteiger partial charge in [0.1, 0.15) is 5.82 Å². The maximum atomic E-state index is 12.7. The number of aryl methyl sites for hydroxylation is 1. The molecule has 2 aromatic carbocycles. The Balaban J connectivity index is 1.83. The molecular weight excluding hydrogens is 358 g/mol. The van der Waals surface area contributed by atoms with Gasteiger partial charge in [0.15, 0.2) is 11.5 Å². The first-order chi connectivity index (χ1) is 13.6. The van der Waals surface area contributed by atoms with E-state index < -0.39 is 0 Å². The lowest BCUT2D eigenvalue weighted by Crippen LogP contribution is -2.23. The van der Waals surface area contributed by atoms with Crippen molar-refractivity contribution < 1.29 is 19.0 Å². The summed E-state index contributed by atoms with van der Waals surface area (Å²) >= 11 is 0. The second-order valence-corrected chi connectivity index (χ2v) is 6.07. The third-order valence-electron chi connectivity index (χ3n) is 4.44. The first-order valence-electron chi connectivity index (χ1n) is 8.75. The number of amides is 1. The van der Waals surface area contributed by atoms with Crippen LogP contribution in [0.15, 0.2) is 48.8 Å². The lowest BCUT2D eigenvalue weighted by molar-refractivity contribution is 0.0950. The highest BCUT2D eigenvalue weighted by molar-refractivity contribution is 5.95. The number of imidazole rings is 1. The van der Waals surface area contributed by atoms with Crippen molar-refractivity contribution in [1.29, 1.82) is 0 Å². The summed E-state index contributed by atoms with van der Waals surface area (Å²) in [6, 6.07) is 11.1. The maximum absolute atomic E-state index is 12.7. The molecule has 0 aliphatic heterocycles. The molecule has 0 radical (unpaired) electrons. The number of benzene rings is 2. The monoisotopic (exact) mass is 381 g/mol. The van der Waals surface area contributed by atoms with Crippen molar-refractivity contribution in [3.05, 3.63) is 65.7 Å². The fraction of sp³-hybridized carbons (Fsp3) is 0.238. The van der Waals surface area contributed by atoms with Crippen LogP contribution < -0.4 is 19.5 Å². The van der Waals surface area contributed by atoms with E-state index in [1.54, 1.807) is 18.3 Å². The highest BCUT2D eigenvalue weighted by Gasteiger charge is 2.17. The van der Waals surface area contributed by atoms with Crippen LogP contribution in [0.4, 0.5) is 0 Å². The van der Waals surface area contributed by atoms with Gasteiger partial charge >= 0.3 is 0 Å². The summed E-state index contributed by atoms with van der Waals surface area (Å²) < 4.78 is 17.9. The van der Waals surface area contributed by atoms with E-state index >= 15 is 0 Å². The molecule has 0 bridgehead atoms. The number of nitrogens with one attached hydrogen (secondary N) is 1. The number of ether oxygens (including phenoxy) is 3. The zero-order valence-electron chi connectivity index (χ0n) is 16.4. The van der Waals surface area contributed by atoms with Gasteiger partial charge in [-0.05, 0) is 30.7 Å². The number of hydrogen-bond acceptors (Lipinski definition) is 5. The predicted molar refractivity (Wildman–Crippen MR) is 106 cm³/mol. The lowest BCUT2D eigenvalue weighted by Gasteiger charge is -2.15. The van der Waals surface area contributed by atoms with Crippen LogP contribution in [0.5, 0.6) is 17.2 Å². The first kappa shape index (κ1) is 19.3. The Kier molecular flexibility index (Phi) is 5.84. The molecule has 1 aromatic heterocycles. The topological polar surface area (TPSA) is 74.6 Å². The van der Waals surface area contributed by atoms with Crippen LogP contribution in [0.3, 0.4) is 0 Å². The SMILES string of the molecule is COc1cc(C(=O)NCc2ccccc2-n2ccnc2C)cc(OC)c1OC. The molecule has 7 heteroatoms. The standard InChI is InChI=1S/C21H23N3O4/c1-14-22-9-10-24(14)17-8-6-5-7-15(17)13-23-21(25)16-11-18(26-2)20(28-4)19(12-16)27-3/h5-12H,13H2,1-4H3,(H,23,25). The number of carbonyl (C=O) groups is 1. The van der Waals surface area contributed by atoms with Gasteiger partial charge in [0.25, 0.3) is 5.91 Å². The minimum absolute atomic E-state index is 0.239. The summed E-state index contributed by atoms with van der Waals surface area (Å²) in [7, 11) is 4.56. The molecule has 1 heterocycles. The van der Waals surface area contributed by atoms with Crippen LogP contribution in [0.2, 0.25) is 0 Å². The molecule has 146 valence electrons. The quantitative estimate of drug-likeness (QED) is 0.681. The number of para-hydroxylation sites is 1. The molecule has 0 aliphatic carbocycles. The van der Waals surface area contributed by atoms with Gasteiger partial charge in [0, 0.05) is 24.5 Å². The Labute approximate surface area is 163 Å². The number of rotatable bonds is 7. The van der Waals surface area contributed by atoms with E-state index in [9.17, 15) is 4.79 Å². The van der Waals surface area contributed by atoms with Gasteiger partial charge in [-0.25, -0.2) is 4.98 Å². The molecule has 0 saturated carbocycles. The molecule has 0 saturated heterocycles. The zero-order valence-corrected chi connectivity index (χ0v) is 16.4. The fourth-order valence-corrected chi connectivity index (χ4v) is 3.02. The minimum Gasteiger partial charge on any atom is -0.493 e. The molecular formula is C21H23N3O4. The third-order valence-corrected chi connectivity index (χ3v) is 4.44. The van der Waals surface area contributed by atoms with Crippen molar-refractivity contribution in [1.82, 2.24) is 14.9 Å². The molecule has 3 rings (SSSR count). The normalized spacial score (nSPS) is 10.4. The average molecular weight is 381 g/mol. The van der Waals surface area contributed by atoms with E-state index in [0.29, 0.717) is 29.4 Å². The number of carbonyl (C=O) groups excluding carboxylic acids is 1. The summed E-state index contributed by atoms with van der Waals surface area (Å²) in [6.07, 6.45) is 3.65. The Morgan fingerprint density at radius 2 is 1.75 bits per heavy atom. The summed E-state index contributed by atoms with van der Waals surface area (Å²) in [5.41, 5.74) is 2.37. The molecule has 7 nitrogen and oxygen atoms in total. The molecule has 1 N–H and O–H groups in total. The van der Waals surface area contributed by atoms with E-state index in [1.807, 2.05) is 42.0 Å². The fourth-order valence-electron chi connectivity index (χ4n) is 3.02. The summed E-state index contributed by atoms with van der Waals surface area (Å²) in [4.78, 5) is 17.0. The van der Waals surface area contributed by atoms with Gasteiger partial charge < -0.3 is 24.1 Å². The summed E-state index contributed by atoms with van der Waals surface area (Å²) in [5, 5.41) is 2.95. The molecule has 0 spiro atoms. The van der Waals surface area contributed by atoms with E-state index in [2.05, 4.69) is 10.3 Å². The first-order valence-corrected chi connectivity index (χ1v) is 8.75. The van der Waals surface area contributed by atoms with Gasteiger partial charge in [-0.1, -0.05) is 18.2 Å². The van der Waals surface area contributed by atoms with Gasteiger partial charge in [0.05, 0.1) is 27.0 Å². The zero-order chi connectivity index (χ0) is 20.1. The average Bonchev–Trinajstić information content (AvgIpc) is 3.16. The van der Waals surface area contributed by atoms with Gasteiger partial charge in [-0.15, -0.1) is 0 Å². The highest BCUT2D eigenvalue weighted by Crippen LogP contribution is 2.38. The van der Waals surface area contributed by atoms with Gasteiger partial charge in [-0.3, -0.25) is 4.79 Å². The Morgan fingerprint density at radius 3 is 2.32 bits per heavy atom. The third kappa shape index (κ3) is 3.78. The number of nitrogens with zero attached hydrogens (tertiary/aromatic N) is 2. The van der Waals surface area contributed by atoms with Crippen molar-refractivity contribution >= 4 is 5.91 Å². The van der Waals surface area contributed by atoms with Crippen LogP contribution in [0, 0.1) is 6.92 Å². The van der Waals surface area contributed by atoms with Crippen LogP contribution in [-0.4, -0.2) is 36.8 Å². The molecule has 0 atom stereocenters. The van der Waals surface area contributed by atoms with Crippen molar-refractivity contribution in [2.75, 3.05) is 21.3 Å². The lowest BCUT2D eigenvalue weighted by atomic mass is 10.1.